The molecule has 0 aromatic heterocycles. The Morgan fingerprint density at radius 2 is 1.75 bits per heavy atom. The van der Waals surface area contributed by atoms with Crippen LogP contribution in [0.5, 0.6) is 0 Å². The van der Waals surface area contributed by atoms with Gasteiger partial charge in [-0.25, -0.2) is 4.39 Å². The lowest BCUT2D eigenvalue weighted by atomic mass is 9.77. The largest absolute Gasteiger partial charge is 0.312 e. The van der Waals surface area contributed by atoms with Gasteiger partial charge in [-0.3, -0.25) is 0 Å². The zero-order chi connectivity index (χ0) is 15.6. The van der Waals surface area contributed by atoms with Crippen molar-refractivity contribution >= 4 is 15.9 Å². The Morgan fingerprint density at radius 1 is 1.15 bits per heavy atom. The summed E-state index contributed by atoms with van der Waals surface area (Å²) in [5.74, 6) is 0.266. The quantitative estimate of drug-likeness (QED) is 0.793. The van der Waals surface area contributed by atoms with Crippen molar-refractivity contribution in [3.63, 3.8) is 0 Å². The van der Waals surface area contributed by atoms with Crippen LogP contribution in [0.25, 0.3) is 0 Å². The first-order valence-corrected chi connectivity index (χ1v) is 7.97. The second-order valence-corrected chi connectivity index (χ2v) is 8.55. The van der Waals surface area contributed by atoms with E-state index >= 15 is 0 Å². The molecular weight excluding hydrogens is 317 g/mol. The number of halogens is 2. The highest BCUT2D eigenvalue weighted by atomic mass is 79.9. The third-order valence-electron chi connectivity index (χ3n) is 3.58. The van der Waals surface area contributed by atoms with Crippen molar-refractivity contribution < 1.29 is 4.39 Å². The van der Waals surface area contributed by atoms with Gasteiger partial charge in [-0.2, -0.15) is 0 Å². The fourth-order valence-corrected chi connectivity index (χ4v) is 2.40. The van der Waals surface area contributed by atoms with Crippen molar-refractivity contribution in [1.29, 1.82) is 0 Å². The van der Waals surface area contributed by atoms with Crippen molar-refractivity contribution in [1.82, 2.24) is 5.32 Å². The Hall–Kier alpha value is -0.410. The van der Waals surface area contributed by atoms with Crippen LogP contribution in [-0.2, 0) is 6.42 Å². The van der Waals surface area contributed by atoms with Crippen LogP contribution in [0, 0.1) is 17.2 Å². The van der Waals surface area contributed by atoms with E-state index in [-0.39, 0.29) is 16.8 Å². The number of nitrogens with one attached hydrogen (secondary N) is 1. The number of benzene rings is 1. The van der Waals surface area contributed by atoms with Crippen LogP contribution in [-0.4, -0.2) is 12.1 Å². The third kappa shape index (κ3) is 5.92. The summed E-state index contributed by atoms with van der Waals surface area (Å²) in [6.07, 6.45) is 0.756. The van der Waals surface area contributed by atoms with Gasteiger partial charge in [-0.05, 0) is 62.8 Å². The molecule has 0 aliphatic rings. The number of rotatable bonds is 4. The number of hydrogen-bond acceptors (Lipinski definition) is 1. The lowest BCUT2D eigenvalue weighted by Crippen LogP contribution is -2.42. The van der Waals surface area contributed by atoms with Gasteiger partial charge >= 0.3 is 0 Å². The molecule has 1 N–H and O–H groups in total. The average Bonchev–Trinajstić information content (AvgIpc) is 2.23. The van der Waals surface area contributed by atoms with Crippen LogP contribution in [0.2, 0.25) is 0 Å². The van der Waals surface area contributed by atoms with Gasteiger partial charge < -0.3 is 5.32 Å². The first-order chi connectivity index (χ1) is 8.99. The van der Waals surface area contributed by atoms with Gasteiger partial charge in [0.15, 0.2) is 0 Å². The van der Waals surface area contributed by atoms with E-state index < -0.39 is 0 Å². The van der Waals surface area contributed by atoms with Crippen molar-refractivity contribution in [3.05, 3.63) is 34.1 Å². The summed E-state index contributed by atoms with van der Waals surface area (Å²) in [5.41, 5.74) is 1.02. The van der Waals surface area contributed by atoms with Crippen molar-refractivity contribution in [2.75, 3.05) is 6.54 Å². The first kappa shape index (κ1) is 17.6. The molecule has 114 valence electrons. The normalized spacial score (nSPS) is 14.4. The summed E-state index contributed by atoms with van der Waals surface area (Å²) in [7, 11) is 0. The van der Waals surface area contributed by atoms with E-state index in [0.717, 1.165) is 23.0 Å². The molecular formula is C17H27BrFN. The van der Waals surface area contributed by atoms with Gasteiger partial charge in [0.1, 0.15) is 5.82 Å². The number of hydrogen-bond donors (Lipinski definition) is 1. The molecule has 0 amide bonds. The highest BCUT2D eigenvalue weighted by molar-refractivity contribution is 9.10. The molecule has 1 atom stereocenters. The molecule has 0 saturated heterocycles. The maximum absolute atomic E-state index is 14.0. The minimum atomic E-state index is -0.121. The van der Waals surface area contributed by atoms with E-state index in [0.29, 0.717) is 5.92 Å². The zero-order valence-electron chi connectivity index (χ0n) is 13.5. The smallest absolute Gasteiger partial charge is 0.127 e. The van der Waals surface area contributed by atoms with Gasteiger partial charge in [-0.15, -0.1) is 0 Å². The molecule has 20 heavy (non-hydrogen) atoms. The fourth-order valence-electron chi connectivity index (χ4n) is 2.07. The molecule has 0 bridgehead atoms. The van der Waals surface area contributed by atoms with E-state index in [1.807, 2.05) is 12.1 Å². The van der Waals surface area contributed by atoms with Crippen molar-refractivity contribution in [2.24, 2.45) is 11.3 Å². The SMILES string of the molecule is CC(C)(C)NCC(Cc1ccc(Br)cc1F)C(C)(C)C. The summed E-state index contributed by atoms with van der Waals surface area (Å²) in [4.78, 5) is 0. The molecule has 1 rings (SSSR count). The highest BCUT2D eigenvalue weighted by Crippen LogP contribution is 2.30. The predicted molar refractivity (Wildman–Crippen MR) is 88.5 cm³/mol. The molecule has 0 spiro atoms. The minimum absolute atomic E-state index is 0.0851. The summed E-state index contributed by atoms with van der Waals surface area (Å²) in [6, 6.07) is 5.34. The van der Waals surface area contributed by atoms with E-state index in [1.54, 1.807) is 6.07 Å². The van der Waals surface area contributed by atoms with Crippen molar-refractivity contribution in [2.45, 2.75) is 53.5 Å². The molecule has 0 radical (unpaired) electrons. The molecule has 1 unspecified atom stereocenters. The predicted octanol–water partition coefficient (Wildman–Crippen LogP) is 5.18. The Labute approximate surface area is 131 Å². The van der Waals surface area contributed by atoms with Gasteiger partial charge in [0.2, 0.25) is 0 Å². The van der Waals surface area contributed by atoms with Gasteiger partial charge in [0, 0.05) is 10.0 Å². The van der Waals surface area contributed by atoms with Gasteiger partial charge in [-0.1, -0.05) is 42.8 Å². The van der Waals surface area contributed by atoms with Crippen molar-refractivity contribution in [3.8, 4) is 0 Å². The second-order valence-electron chi connectivity index (χ2n) is 7.63. The Kier molecular flexibility index (Phi) is 5.79. The lowest BCUT2D eigenvalue weighted by molar-refractivity contribution is 0.212. The summed E-state index contributed by atoms with van der Waals surface area (Å²) >= 11 is 3.31. The Morgan fingerprint density at radius 3 is 2.20 bits per heavy atom. The molecule has 3 heteroatoms. The maximum atomic E-state index is 14.0. The van der Waals surface area contributed by atoms with Crippen LogP contribution in [0.1, 0.15) is 47.1 Å². The van der Waals surface area contributed by atoms with E-state index in [2.05, 4.69) is 62.8 Å². The van der Waals surface area contributed by atoms with E-state index in [1.165, 1.54) is 0 Å². The highest BCUT2D eigenvalue weighted by Gasteiger charge is 2.27. The maximum Gasteiger partial charge on any atom is 0.127 e. The minimum Gasteiger partial charge on any atom is -0.312 e. The van der Waals surface area contributed by atoms with Gasteiger partial charge in [0.05, 0.1) is 0 Å². The standard InChI is InChI=1S/C17H27BrFN/c1-16(2,3)13(11-20-17(4,5)6)9-12-7-8-14(18)10-15(12)19/h7-8,10,13,20H,9,11H2,1-6H3. The molecule has 0 heterocycles. The van der Waals surface area contributed by atoms with Crippen LogP contribution in [0.4, 0.5) is 4.39 Å². The van der Waals surface area contributed by atoms with Crippen LogP contribution < -0.4 is 5.32 Å². The molecule has 0 aliphatic heterocycles. The summed E-state index contributed by atoms with van der Waals surface area (Å²) < 4.78 is 14.8. The molecule has 0 saturated carbocycles. The average molecular weight is 344 g/mol. The van der Waals surface area contributed by atoms with Crippen LogP contribution in [0.3, 0.4) is 0 Å². The van der Waals surface area contributed by atoms with Crippen LogP contribution in [0.15, 0.2) is 22.7 Å². The molecule has 1 nitrogen and oxygen atoms in total. The Balaban J connectivity index is 2.85. The van der Waals surface area contributed by atoms with Gasteiger partial charge in [0.25, 0.3) is 0 Å². The molecule has 0 fully saturated rings. The molecule has 0 aliphatic carbocycles. The zero-order valence-corrected chi connectivity index (χ0v) is 15.1. The molecule has 1 aromatic carbocycles. The fraction of sp³-hybridized carbons (Fsp3) is 0.647. The lowest BCUT2D eigenvalue weighted by Gasteiger charge is -2.34. The Bertz CT molecular complexity index is 443. The van der Waals surface area contributed by atoms with Crippen LogP contribution >= 0.6 is 15.9 Å². The first-order valence-electron chi connectivity index (χ1n) is 7.18. The molecule has 1 aromatic rings. The third-order valence-corrected chi connectivity index (χ3v) is 4.08. The van der Waals surface area contributed by atoms with E-state index in [9.17, 15) is 4.39 Å². The summed E-state index contributed by atoms with van der Waals surface area (Å²) in [5, 5.41) is 3.55. The monoisotopic (exact) mass is 343 g/mol. The summed E-state index contributed by atoms with van der Waals surface area (Å²) in [6.45, 7) is 14.0. The topological polar surface area (TPSA) is 12.0 Å². The second kappa shape index (κ2) is 6.57. The van der Waals surface area contributed by atoms with E-state index in [4.69, 9.17) is 0 Å².